The third kappa shape index (κ3) is 2.65. The van der Waals surface area contributed by atoms with E-state index in [2.05, 4.69) is 32.0 Å². The van der Waals surface area contributed by atoms with Gasteiger partial charge in [-0.05, 0) is 25.0 Å². The molecule has 0 radical (unpaired) electrons. The third-order valence-electron chi connectivity index (χ3n) is 3.85. The summed E-state index contributed by atoms with van der Waals surface area (Å²) < 4.78 is 5.16. The Bertz CT molecular complexity index is 476. The van der Waals surface area contributed by atoms with Crippen LogP contribution < -0.4 is 5.73 Å². The van der Waals surface area contributed by atoms with Crippen molar-refractivity contribution in [3.8, 4) is 0 Å². The molecule has 1 amide bonds. The highest BCUT2D eigenvalue weighted by Crippen LogP contribution is 2.29. The molecule has 1 aromatic rings. The fourth-order valence-electron chi connectivity index (χ4n) is 2.43. The normalized spacial score (nSPS) is 16.8. The zero-order valence-electron chi connectivity index (χ0n) is 11.9. The number of hydrogen-bond acceptors (Lipinski definition) is 3. The average molecular weight is 262 g/mol. The number of amides is 1. The Morgan fingerprint density at radius 2 is 2.11 bits per heavy atom. The summed E-state index contributed by atoms with van der Waals surface area (Å²) in [5.41, 5.74) is 8.86. The van der Waals surface area contributed by atoms with Gasteiger partial charge in [-0.2, -0.15) is 0 Å². The molecule has 0 saturated carbocycles. The lowest BCUT2D eigenvalue weighted by Gasteiger charge is -2.41. The van der Waals surface area contributed by atoms with Crippen molar-refractivity contribution < 1.29 is 9.53 Å². The molecule has 0 aromatic heterocycles. The lowest BCUT2D eigenvalue weighted by atomic mass is 9.84. The Hall–Kier alpha value is -1.39. The van der Waals surface area contributed by atoms with Gasteiger partial charge in [0.15, 0.2) is 0 Å². The molecule has 1 aliphatic heterocycles. The molecular weight excluding hydrogens is 240 g/mol. The van der Waals surface area contributed by atoms with Crippen LogP contribution in [0.1, 0.15) is 16.7 Å². The number of rotatable bonds is 4. The fourth-order valence-corrected chi connectivity index (χ4v) is 2.43. The standard InChI is InChI=1S/C15H22N2O2/c1-11-4-5-13(12(2)6-11)7-17(3)14(18)15(8-16)9-19-10-15/h4-6H,7-10,16H2,1-3H3. The highest BCUT2D eigenvalue weighted by molar-refractivity contribution is 5.84. The van der Waals surface area contributed by atoms with Gasteiger partial charge in [0.05, 0.1) is 13.2 Å². The summed E-state index contributed by atoms with van der Waals surface area (Å²) in [7, 11) is 1.83. The molecule has 0 spiro atoms. The molecule has 0 unspecified atom stereocenters. The number of carbonyl (C=O) groups is 1. The smallest absolute Gasteiger partial charge is 0.234 e. The zero-order valence-corrected chi connectivity index (χ0v) is 11.9. The number of nitrogens with two attached hydrogens (primary N) is 1. The van der Waals surface area contributed by atoms with E-state index in [-0.39, 0.29) is 5.91 Å². The van der Waals surface area contributed by atoms with Gasteiger partial charge in [-0.15, -0.1) is 0 Å². The van der Waals surface area contributed by atoms with Crippen molar-refractivity contribution in [1.82, 2.24) is 4.90 Å². The molecule has 4 heteroatoms. The van der Waals surface area contributed by atoms with Crippen LogP contribution in [0, 0.1) is 19.3 Å². The maximum atomic E-state index is 12.4. The highest BCUT2D eigenvalue weighted by atomic mass is 16.5. The van der Waals surface area contributed by atoms with Gasteiger partial charge < -0.3 is 15.4 Å². The van der Waals surface area contributed by atoms with E-state index in [0.29, 0.717) is 26.3 Å². The van der Waals surface area contributed by atoms with Crippen molar-refractivity contribution in [2.75, 3.05) is 26.8 Å². The second-order valence-corrected chi connectivity index (χ2v) is 5.57. The Morgan fingerprint density at radius 1 is 1.42 bits per heavy atom. The van der Waals surface area contributed by atoms with E-state index in [1.807, 2.05) is 7.05 Å². The largest absolute Gasteiger partial charge is 0.379 e. The molecule has 0 bridgehead atoms. The van der Waals surface area contributed by atoms with Crippen LogP contribution in [-0.4, -0.2) is 37.6 Å². The van der Waals surface area contributed by atoms with Crippen LogP contribution >= 0.6 is 0 Å². The predicted octanol–water partition coefficient (Wildman–Crippen LogP) is 1.24. The lowest BCUT2D eigenvalue weighted by molar-refractivity contribution is -0.169. The Labute approximate surface area is 114 Å². The molecule has 1 aliphatic rings. The van der Waals surface area contributed by atoms with Gasteiger partial charge in [-0.25, -0.2) is 0 Å². The Morgan fingerprint density at radius 3 is 2.58 bits per heavy atom. The predicted molar refractivity (Wildman–Crippen MR) is 74.7 cm³/mol. The van der Waals surface area contributed by atoms with Crippen LogP contribution in [0.5, 0.6) is 0 Å². The number of carbonyl (C=O) groups excluding carboxylic acids is 1. The highest BCUT2D eigenvalue weighted by Gasteiger charge is 2.46. The van der Waals surface area contributed by atoms with Crippen LogP contribution in [0.4, 0.5) is 0 Å². The minimum atomic E-state index is -0.493. The zero-order chi connectivity index (χ0) is 14.0. The molecule has 1 saturated heterocycles. The van der Waals surface area contributed by atoms with Gasteiger partial charge in [0, 0.05) is 20.1 Å². The third-order valence-corrected chi connectivity index (χ3v) is 3.85. The van der Waals surface area contributed by atoms with Crippen molar-refractivity contribution in [3.05, 3.63) is 34.9 Å². The van der Waals surface area contributed by atoms with Gasteiger partial charge in [-0.1, -0.05) is 23.8 Å². The van der Waals surface area contributed by atoms with E-state index in [1.165, 1.54) is 16.7 Å². The Balaban J connectivity index is 2.08. The van der Waals surface area contributed by atoms with E-state index < -0.39 is 5.41 Å². The molecule has 19 heavy (non-hydrogen) atoms. The first-order chi connectivity index (χ1) is 8.98. The molecule has 0 aliphatic carbocycles. The molecule has 1 heterocycles. The number of benzene rings is 1. The maximum absolute atomic E-state index is 12.4. The molecule has 2 rings (SSSR count). The molecular formula is C15H22N2O2. The van der Waals surface area contributed by atoms with Crippen molar-refractivity contribution in [2.45, 2.75) is 20.4 Å². The minimum Gasteiger partial charge on any atom is -0.379 e. The topological polar surface area (TPSA) is 55.6 Å². The summed E-state index contributed by atoms with van der Waals surface area (Å²) in [6, 6.07) is 6.30. The van der Waals surface area contributed by atoms with Crippen molar-refractivity contribution in [2.24, 2.45) is 11.1 Å². The average Bonchev–Trinajstić information content (AvgIpc) is 2.32. The van der Waals surface area contributed by atoms with Crippen molar-refractivity contribution >= 4 is 5.91 Å². The first-order valence-corrected chi connectivity index (χ1v) is 6.58. The first-order valence-electron chi connectivity index (χ1n) is 6.58. The number of hydrogen-bond donors (Lipinski definition) is 1. The second kappa shape index (κ2) is 5.31. The summed E-state index contributed by atoms with van der Waals surface area (Å²) in [5.74, 6) is 0.0845. The van der Waals surface area contributed by atoms with E-state index in [0.717, 1.165) is 0 Å². The molecule has 1 aromatic carbocycles. The van der Waals surface area contributed by atoms with E-state index >= 15 is 0 Å². The van der Waals surface area contributed by atoms with Crippen molar-refractivity contribution in [1.29, 1.82) is 0 Å². The van der Waals surface area contributed by atoms with Crippen LogP contribution in [0.25, 0.3) is 0 Å². The van der Waals surface area contributed by atoms with Gasteiger partial charge in [0.1, 0.15) is 5.41 Å². The van der Waals surface area contributed by atoms with Gasteiger partial charge in [0.2, 0.25) is 5.91 Å². The van der Waals surface area contributed by atoms with Gasteiger partial charge in [0.25, 0.3) is 0 Å². The Kier molecular flexibility index (Phi) is 3.92. The maximum Gasteiger partial charge on any atom is 0.234 e. The lowest BCUT2D eigenvalue weighted by Crippen LogP contribution is -2.58. The number of ether oxygens (including phenoxy) is 1. The van der Waals surface area contributed by atoms with E-state index in [4.69, 9.17) is 10.5 Å². The summed E-state index contributed by atoms with van der Waals surface area (Å²) in [6.45, 7) is 6.00. The minimum absolute atomic E-state index is 0.0845. The van der Waals surface area contributed by atoms with E-state index in [1.54, 1.807) is 4.90 Å². The summed E-state index contributed by atoms with van der Waals surface area (Å²) >= 11 is 0. The van der Waals surface area contributed by atoms with Gasteiger partial charge >= 0.3 is 0 Å². The monoisotopic (exact) mass is 262 g/mol. The van der Waals surface area contributed by atoms with Crippen LogP contribution in [-0.2, 0) is 16.1 Å². The molecule has 2 N–H and O–H groups in total. The SMILES string of the molecule is Cc1ccc(CN(C)C(=O)C2(CN)COC2)c(C)c1. The number of aryl methyl sites for hydroxylation is 2. The molecule has 0 atom stereocenters. The van der Waals surface area contributed by atoms with Crippen LogP contribution in [0.2, 0.25) is 0 Å². The second-order valence-electron chi connectivity index (χ2n) is 5.57. The summed E-state index contributed by atoms with van der Waals surface area (Å²) in [6.07, 6.45) is 0. The summed E-state index contributed by atoms with van der Waals surface area (Å²) in [4.78, 5) is 14.2. The first kappa shape index (κ1) is 14.0. The molecule has 4 nitrogen and oxygen atoms in total. The molecule has 104 valence electrons. The number of nitrogens with zero attached hydrogens (tertiary/aromatic N) is 1. The summed E-state index contributed by atoms with van der Waals surface area (Å²) in [5, 5.41) is 0. The van der Waals surface area contributed by atoms with Crippen molar-refractivity contribution in [3.63, 3.8) is 0 Å². The van der Waals surface area contributed by atoms with E-state index in [9.17, 15) is 4.79 Å². The van der Waals surface area contributed by atoms with Crippen LogP contribution in [0.15, 0.2) is 18.2 Å². The van der Waals surface area contributed by atoms with Gasteiger partial charge in [-0.3, -0.25) is 4.79 Å². The quantitative estimate of drug-likeness (QED) is 0.888. The van der Waals surface area contributed by atoms with Crippen LogP contribution in [0.3, 0.4) is 0 Å². The fraction of sp³-hybridized carbons (Fsp3) is 0.533. The molecule has 1 fully saturated rings.